The molecule has 1 atom stereocenters. The average Bonchev–Trinajstić information content (AvgIpc) is 2.64. The molecule has 0 aliphatic heterocycles. The molecule has 1 heterocycles. The topological polar surface area (TPSA) is 42.6 Å². The fraction of sp³-hybridized carbons (Fsp3) is 0.385. The maximum atomic E-state index is 9.45. The quantitative estimate of drug-likeness (QED) is 0.914. The highest BCUT2D eigenvalue weighted by atomic mass is 35.5. The molecule has 17 heavy (non-hydrogen) atoms. The molecule has 0 amide bonds. The Labute approximate surface area is 105 Å². The second-order valence-electron chi connectivity index (χ2n) is 4.20. The maximum absolute atomic E-state index is 9.45. The summed E-state index contributed by atoms with van der Waals surface area (Å²) in [5.41, 5.74) is 1.52. The van der Waals surface area contributed by atoms with Crippen molar-refractivity contribution in [3.05, 3.63) is 28.5 Å². The Balaban J connectivity index is 2.66. The van der Waals surface area contributed by atoms with Gasteiger partial charge in [0, 0.05) is 5.39 Å². The SMILES string of the molecule is COc1cc(CC(C)O)c(Cl)c2cc(C)oc12. The summed E-state index contributed by atoms with van der Waals surface area (Å²) in [5, 5.41) is 10.9. The summed E-state index contributed by atoms with van der Waals surface area (Å²) in [5.74, 6) is 1.43. The predicted octanol–water partition coefficient (Wildman–Crippen LogP) is 3.33. The van der Waals surface area contributed by atoms with Crippen molar-refractivity contribution in [3.63, 3.8) is 0 Å². The maximum Gasteiger partial charge on any atom is 0.177 e. The smallest absolute Gasteiger partial charge is 0.177 e. The van der Waals surface area contributed by atoms with Gasteiger partial charge in [0.1, 0.15) is 5.76 Å². The minimum atomic E-state index is -0.442. The first-order valence-electron chi connectivity index (χ1n) is 5.46. The van der Waals surface area contributed by atoms with Crippen LogP contribution in [-0.4, -0.2) is 18.3 Å². The molecule has 92 valence electrons. The number of aliphatic hydroxyl groups is 1. The number of methoxy groups -OCH3 is 1. The molecule has 1 aromatic heterocycles. The molecule has 3 nitrogen and oxygen atoms in total. The molecular weight excluding hydrogens is 240 g/mol. The van der Waals surface area contributed by atoms with E-state index in [0.29, 0.717) is 22.8 Å². The lowest BCUT2D eigenvalue weighted by Crippen LogP contribution is -2.05. The minimum Gasteiger partial charge on any atom is -0.493 e. The van der Waals surface area contributed by atoms with E-state index in [4.69, 9.17) is 20.8 Å². The van der Waals surface area contributed by atoms with Crippen molar-refractivity contribution in [3.8, 4) is 5.75 Å². The number of furan rings is 1. The third-order valence-corrected chi connectivity index (χ3v) is 3.08. The van der Waals surface area contributed by atoms with Gasteiger partial charge in [0.05, 0.1) is 18.2 Å². The first-order valence-corrected chi connectivity index (χ1v) is 5.84. The highest BCUT2D eigenvalue weighted by molar-refractivity contribution is 6.36. The lowest BCUT2D eigenvalue weighted by atomic mass is 10.1. The van der Waals surface area contributed by atoms with Crippen LogP contribution in [-0.2, 0) is 6.42 Å². The molecule has 2 rings (SSSR count). The Kier molecular flexibility index (Phi) is 3.31. The van der Waals surface area contributed by atoms with Crippen molar-refractivity contribution in [1.82, 2.24) is 0 Å². The van der Waals surface area contributed by atoms with E-state index in [1.807, 2.05) is 19.1 Å². The van der Waals surface area contributed by atoms with Gasteiger partial charge >= 0.3 is 0 Å². The summed E-state index contributed by atoms with van der Waals surface area (Å²) in [6.07, 6.45) is 0.0534. The molecule has 1 N–H and O–H groups in total. The molecule has 0 aliphatic carbocycles. The summed E-state index contributed by atoms with van der Waals surface area (Å²) in [6.45, 7) is 3.59. The summed E-state index contributed by atoms with van der Waals surface area (Å²) < 4.78 is 10.8. The molecule has 4 heteroatoms. The zero-order valence-electron chi connectivity index (χ0n) is 10.1. The summed E-state index contributed by atoms with van der Waals surface area (Å²) in [6, 6.07) is 3.70. The van der Waals surface area contributed by atoms with Gasteiger partial charge < -0.3 is 14.3 Å². The van der Waals surface area contributed by atoms with E-state index in [9.17, 15) is 5.11 Å². The van der Waals surface area contributed by atoms with Gasteiger partial charge in [-0.3, -0.25) is 0 Å². The Bertz CT molecular complexity index is 543. The predicted molar refractivity (Wildman–Crippen MR) is 67.9 cm³/mol. The number of halogens is 1. The standard InChI is InChI=1S/C13H15ClO3/c1-7(15)4-9-6-11(16-3)13-10(12(9)14)5-8(2)17-13/h5-7,15H,4H2,1-3H3. The van der Waals surface area contributed by atoms with Crippen LogP contribution in [0.3, 0.4) is 0 Å². The highest BCUT2D eigenvalue weighted by Gasteiger charge is 2.16. The van der Waals surface area contributed by atoms with E-state index in [-0.39, 0.29) is 0 Å². The normalized spacial score (nSPS) is 13.0. The van der Waals surface area contributed by atoms with Gasteiger partial charge in [-0.15, -0.1) is 0 Å². The van der Waals surface area contributed by atoms with Gasteiger partial charge in [-0.1, -0.05) is 11.6 Å². The van der Waals surface area contributed by atoms with Crippen LogP contribution in [0.4, 0.5) is 0 Å². The summed E-state index contributed by atoms with van der Waals surface area (Å²) in [7, 11) is 1.59. The molecule has 2 aromatic rings. The first-order chi connectivity index (χ1) is 8.02. The first kappa shape index (κ1) is 12.3. The van der Waals surface area contributed by atoms with Crippen molar-refractivity contribution in [2.45, 2.75) is 26.4 Å². The molecule has 0 radical (unpaired) electrons. The second-order valence-corrected chi connectivity index (χ2v) is 4.58. The highest BCUT2D eigenvalue weighted by Crippen LogP contribution is 2.37. The summed E-state index contributed by atoms with van der Waals surface area (Å²) in [4.78, 5) is 0. The van der Waals surface area contributed by atoms with E-state index in [1.165, 1.54) is 0 Å². The Morgan fingerprint density at radius 3 is 2.76 bits per heavy atom. The lowest BCUT2D eigenvalue weighted by molar-refractivity contribution is 0.195. The van der Waals surface area contributed by atoms with Crippen LogP contribution >= 0.6 is 11.6 Å². The van der Waals surface area contributed by atoms with E-state index >= 15 is 0 Å². The van der Waals surface area contributed by atoms with Crippen LogP contribution in [0.25, 0.3) is 11.0 Å². The number of rotatable bonds is 3. The largest absolute Gasteiger partial charge is 0.493 e. The minimum absolute atomic E-state index is 0.442. The van der Waals surface area contributed by atoms with Crippen molar-refractivity contribution < 1.29 is 14.3 Å². The average molecular weight is 255 g/mol. The van der Waals surface area contributed by atoms with Gasteiger partial charge in [0.15, 0.2) is 11.3 Å². The molecule has 1 aromatic carbocycles. The third kappa shape index (κ3) is 2.26. The third-order valence-electron chi connectivity index (χ3n) is 2.64. The van der Waals surface area contributed by atoms with Gasteiger partial charge in [0.25, 0.3) is 0 Å². The van der Waals surface area contributed by atoms with E-state index < -0.39 is 6.10 Å². The zero-order valence-corrected chi connectivity index (χ0v) is 10.8. The zero-order chi connectivity index (χ0) is 12.6. The van der Waals surface area contributed by atoms with Crippen LogP contribution in [0.5, 0.6) is 5.75 Å². The molecule has 0 fully saturated rings. The molecule has 0 bridgehead atoms. The Morgan fingerprint density at radius 1 is 1.47 bits per heavy atom. The summed E-state index contributed by atoms with van der Waals surface area (Å²) >= 11 is 6.30. The number of aliphatic hydroxyl groups excluding tert-OH is 1. The van der Waals surface area contributed by atoms with Crippen LogP contribution in [0.1, 0.15) is 18.2 Å². The fourth-order valence-corrected chi connectivity index (χ4v) is 2.21. The Hall–Kier alpha value is -1.19. The van der Waals surface area contributed by atoms with Crippen LogP contribution in [0, 0.1) is 6.92 Å². The number of hydrogen-bond donors (Lipinski definition) is 1. The van der Waals surface area contributed by atoms with E-state index in [1.54, 1.807) is 14.0 Å². The van der Waals surface area contributed by atoms with Crippen LogP contribution in [0.2, 0.25) is 5.02 Å². The number of benzene rings is 1. The molecule has 0 spiro atoms. The fourth-order valence-electron chi connectivity index (χ4n) is 1.94. The van der Waals surface area contributed by atoms with Gasteiger partial charge in [0.2, 0.25) is 0 Å². The lowest BCUT2D eigenvalue weighted by Gasteiger charge is -2.10. The molecule has 0 saturated heterocycles. The van der Waals surface area contributed by atoms with Crippen LogP contribution in [0.15, 0.2) is 16.5 Å². The number of aryl methyl sites for hydroxylation is 1. The molecule has 1 unspecified atom stereocenters. The monoisotopic (exact) mass is 254 g/mol. The van der Waals surface area contributed by atoms with Crippen molar-refractivity contribution in [1.29, 1.82) is 0 Å². The van der Waals surface area contributed by atoms with Gasteiger partial charge in [-0.2, -0.15) is 0 Å². The molecule has 0 saturated carbocycles. The van der Waals surface area contributed by atoms with E-state index in [0.717, 1.165) is 16.7 Å². The second kappa shape index (κ2) is 4.59. The Morgan fingerprint density at radius 2 is 2.18 bits per heavy atom. The molecular formula is C13H15ClO3. The van der Waals surface area contributed by atoms with Crippen molar-refractivity contribution in [2.75, 3.05) is 7.11 Å². The van der Waals surface area contributed by atoms with Crippen LogP contribution < -0.4 is 4.74 Å². The number of hydrogen-bond acceptors (Lipinski definition) is 3. The molecule has 0 aliphatic rings. The number of fused-ring (bicyclic) bond motifs is 1. The van der Waals surface area contributed by atoms with Gasteiger partial charge in [-0.05, 0) is 38.0 Å². The van der Waals surface area contributed by atoms with E-state index in [2.05, 4.69) is 0 Å². The van der Waals surface area contributed by atoms with Crippen molar-refractivity contribution >= 4 is 22.6 Å². The number of ether oxygens (including phenoxy) is 1. The van der Waals surface area contributed by atoms with Crippen molar-refractivity contribution in [2.24, 2.45) is 0 Å². The van der Waals surface area contributed by atoms with Gasteiger partial charge in [-0.25, -0.2) is 0 Å².